The number of rotatable bonds is 8. The monoisotopic (exact) mass is 614 g/mol. The molecule has 190 valence electrons. The van der Waals surface area contributed by atoms with Gasteiger partial charge in [0.05, 0.1) is 21.4 Å². The van der Waals surface area contributed by atoms with Crippen molar-refractivity contribution in [1.29, 1.82) is 0 Å². The van der Waals surface area contributed by atoms with E-state index >= 15 is 0 Å². The second kappa shape index (κ2) is 11.6. The third kappa shape index (κ3) is 5.65. The second-order valence-corrected chi connectivity index (χ2v) is 10.0. The van der Waals surface area contributed by atoms with Gasteiger partial charge in [0.1, 0.15) is 12.3 Å². The highest BCUT2D eigenvalue weighted by molar-refractivity contribution is 14.1. The Morgan fingerprint density at radius 1 is 0.895 bits per heavy atom. The smallest absolute Gasteiger partial charge is 0.281 e. The molecule has 0 unspecified atom stereocenters. The summed E-state index contributed by atoms with van der Waals surface area (Å²) in [6.07, 6.45) is 1.88. The molecule has 4 aromatic carbocycles. The van der Waals surface area contributed by atoms with Gasteiger partial charge >= 0.3 is 0 Å². The standard InChI is InChI=1S/C32H27IN2O3/c1-3-37-29-20-24(19-28(33)31(29)38-21-23-16-14-22(2)15-17-23)18-27-30(25-10-6-4-7-11-25)34-35(32(27)36)26-12-8-5-9-13-26/h4-20H,3,21H2,1-2H3/b27-18-. The average molecular weight is 614 g/mol. The summed E-state index contributed by atoms with van der Waals surface area (Å²) >= 11 is 2.26. The molecule has 1 aliphatic rings. The van der Waals surface area contributed by atoms with Crippen LogP contribution in [0.2, 0.25) is 0 Å². The number of carbonyl (C=O) groups is 1. The van der Waals surface area contributed by atoms with Crippen LogP contribution in [-0.4, -0.2) is 18.2 Å². The van der Waals surface area contributed by atoms with Crippen molar-refractivity contribution in [2.75, 3.05) is 11.6 Å². The van der Waals surface area contributed by atoms with E-state index in [0.29, 0.717) is 36.0 Å². The first-order valence-electron chi connectivity index (χ1n) is 12.4. The molecule has 0 aliphatic carbocycles. The van der Waals surface area contributed by atoms with Gasteiger partial charge in [-0.25, -0.2) is 0 Å². The van der Waals surface area contributed by atoms with Crippen molar-refractivity contribution in [2.45, 2.75) is 20.5 Å². The number of hydrogen-bond acceptors (Lipinski definition) is 4. The van der Waals surface area contributed by atoms with Crippen LogP contribution in [0.15, 0.2) is 108 Å². The number of halogens is 1. The molecule has 5 nitrogen and oxygen atoms in total. The summed E-state index contributed by atoms with van der Waals surface area (Å²) in [6.45, 7) is 4.94. The fourth-order valence-electron chi connectivity index (χ4n) is 4.18. The lowest BCUT2D eigenvalue weighted by Crippen LogP contribution is -2.21. The Morgan fingerprint density at radius 3 is 2.26 bits per heavy atom. The summed E-state index contributed by atoms with van der Waals surface area (Å²) in [7, 11) is 0. The molecule has 4 aromatic rings. The number of ether oxygens (including phenoxy) is 2. The number of carbonyl (C=O) groups excluding carboxylic acids is 1. The van der Waals surface area contributed by atoms with Gasteiger partial charge in [0.15, 0.2) is 11.5 Å². The van der Waals surface area contributed by atoms with Gasteiger partial charge in [0, 0.05) is 5.56 Å². The molecule has 1 aliphatic heterocycles. The van der Waals surface area contributed by atoms with Crippen molar-refractivity contribution in [3.63, 3.8) is 0 Å². The number of nitrogens with zero attached hydrogens (tertiary/aromatic N) is 2. The molecular formula is C32H27IN2O3. The molecule has 0 fully saturated rings. The molecule has 0 aromatic heterocycles. The summed E-state index contributed by atoms with van der Waals surface area (Å²) in [5, 5.41) is 6.19. The molecule has 0 saturated heterocycles. The van der Waals surface area contributed by atoms with Crippen LogP contribution in [0.4, 0.5) is 5.69 Å². The lowest BCUT2D eigenvalue weighted by Gasteiger charge is -2.15. The zero-order valence-corrected chi connectivity index (χ0v) is 23.4. The second-order valence-electron chi connectivity index (χ2n) is 8.86. The van der Waals surface area contributed by atoms with Crippen LogP contribution in [0.25, 0.3) is 6.08 Å². The fraction of sp³-hybridized carbons (Fsp3) is 0.125. The lowest BCUT2D eigenvalue weighted by atomic mass is 10.00. The fourth-order valence-corrected chi connectivity index (χ4v) is 4.96. The predicted molar refractivity (Wildman–Crippen MR) is 161 cm³/mol. The Kier molecular flexibility index (Phi) is 7.89. The van der Waals surface area contributed by atoms with Crippen molar-refractivity contribution in [1.82, 2.24) is 0 Å². The molecule has 0 radical (unpaired) electrons. The third-order valence-corrected chi connectivity index (χ3v) is 6.87. The number of benzene rings is 4. The minimum absolute atomic E-state index is 0.178. The average Bonchev–Trinajstić information content (AvgIpc) is 3.26. The molecule has 0 atom stereocenters. The predicted octanol–water partition coefficient (Wildman–Crippen LogP) is 7.41. The Balaban J connectivity index is 1.51. The van der Waals surface area contributed by atoms with Crippen molar-refractivity contribution in [3.8, 4) is 11.5 Å². The van der Waals surface area contributed by atoms with E-state index in [0.717, 1.165) is 25.9 Å². The van der Waals surface area contributed by atoms with E-state index in [1.165, 1.54) is 10.6 Å². The maximum atomic E-state index is 13.6. The van der Waals surface area contributed by atoms with E-state index in [1.54, 1.807) is 0 Å². The van der Waals surface area contributed by atoms with Gasteiger partial charge in [-0.3, -0.25) is 4.79 Å². The van der Waals surface area contributed by atoms with Crippen LogP contribution in [0.1, 0.15) is 29.2 Å². The highest BCUT2D eigenvalue weighted by Gasteiger charge is 2.32. The van der Waals surface area contributed by atoms with Gasteiger partial charge in [0.25, 0.3) is 5.91 Å². The quantitative estimate of drug-likeness (QED) is 0.154. The van der Waals surface area contributed by atoms with E-state index in [9.17, 15) is 4.79 Å². The van der Waals surface area contributed by atoms with Crippen LogP contribution in [-0.2, 0) is 11.4 Å². The van der Waals surface area contributed by atoms with Crippen molar-refractivity contribution in [2.24, 2.45) is 5.10 Å². The highest BCUT2D eigenvalue weighted by Crippen LogP contribution is 2.36. The van der Waals surface area contributed by atoms with Gasteiger partial charge in [0.2, 0.25) is 0 Å². The minimum Gasteiger partial charge on any atom is -0.490 e. The summed E-state index contributed by atoms with van der Waals surface area (Å²) < 4.78 is 13.1. The number of anilines is 1. The summed E-state index contributed by atoms with van der Waals surface area (Å²) in [4.78, 5) is 13.6. The Hall–Kier alpha value is -3.91. The highest BCUT2D eigenvalue weighted by atomic mass is 127. The first-order valence-corrected chi connectivity index (χ1v) is 13.5. The van der Waals surface area contributed by atoms with Gasteiger partial charge in [-0.1, -0.05) is 78.4 Å². The maximum Gasteiger partial charge on any atom is 0.281 e. The van der Waals surface area contributed by atoms with E-state index in [2.05, 4.69) is 53.8 Å². The van der Waals surface area contributed by atoms with Crippen molar-refractivity contribution >= 4 is 46.0 Å². The van der Waals surface area contributed by atoms with Gasteiger partial charge in [-0.15, -0.1) is 0 Å². The van der Waals surface area contributed by atoms with Crippen LogP contribution in [0.5, 0.6) is 11.5 Å². The maximum absolute atomic E-state index is 13.6. The van der Waals surface area contributed by atoms with E-state index in [4.69, 9.17) is 14.6 Å². The van der Waals surface area contributed by atoms with Gasteiger partial charge in [-0.2, -0.15) is 10.1 Å². The summed E-state index contributed by atoms with van der Waals surface area (Å²) in [5.41, 5.74) is 5.88. The third-order valence-electron chi connectivity index (χ3n) is 6.07. The molecular weight excluding hydrogens is 587 g/mol. The molecule has 0 N–H and O–H groups in total. The van der Waals surface area contributed by atoms with E-state index < -0.39 is 0 Å². The molecule has 5 rings (SSSR count). The van der Waals surface area contributed by atoms with Crippen molar-refractivity contribution in [3.05, 3.63) is 128 Å². The molecule has 1 amide bonds. The van der Waals surface area contributed by atoms with Crippen molar-refractivity contribution < 1.29 is 14.3 Å². The Labute approximate surface area is 236 Å². The zero-order chi connectivity index (χ0) is 26.5. The zero-order valence-electron chi connectivity index (χ0n) is 21.2. The molecule has 0 saturated carbocycles. The number of amides is 1. The van der Waals surface area contributed by atoms with Crippen LogP contribution < -0.4 is 14.5 Å². The number of para-hydroxylation sites is 1. The number of hydrogen-bond donors (Lipinski definition) is 0. The SMILES string of the molecule is CCOc1cc(/C=C2\C(=O)N(c3ccccc3)N=C2c2ccccc2)cc(I)c1OCc1ccc(C)cc1. The van der Waals surface area contributed by atoms with Gasteiger partial charge < -0.3 is 9.47 Å². The first-order chi connectivity index (χ1) is 18.5. The molecule has 1 heterocycles. The Morgan fingerprint density at radius 2 is 1.58 bits per heavy atom. The summed E-state index contributed by atoms with van der Waals surface area (Å²) in [6, 6.07) is 31.4. The molecule has 0 bridgehead atoms. The number of hydrazone groups is 1. The minimum atomic E-state index is -0.178. The molecule has 0 spiro atoms. The normalized spacial score (nSPS) is 14.1. The van der Waals surface area contributed by atoms with Crippen LogP contribution in [0, 0.1) is 10.5 Å². The van der Waals surface area contributed by atoms with Gasteiger partial charge in [-0.05, 0) is 77.9 Å². The molecule has 38 heavy (non-hydrogen) atoms. The summed E-state index contributed by atoms with van der Waals surface area (Å²) in [5.74, 6) is 1.15. The topological polar surface area (TPSA) is 51.1 Å². The number of aryl methyl sites for hydroxylation is 1. The van der Waals surface area contributed by atoms with E-state index in [1.807, 2.05) is 85.8 Å². The Bertz CT molecular complexity index is 1500. The van der Waals surface area contributed by atoms with E-state index in [-0.39, 0.29) is 5.91 Å². The first kappa shape index (κ1) is 25.7. The van der Waals surface area contributed by atoms with Crippen LogP contribution >= 0.6 is 22.6 Å². The largest absolute Gasteiger partial charge is 0.490 e. The lowest BCUT2D eigenvalue weighted by molar-refractivity contribution is -0.114. The van der Waals surface area contributed by atoms with Crippen LogP contribution in [0.3, 0.4) is 0 Å². The molecule has 6 heteroatoms.